The molecule has 4 nitrogen and oxygen atoms in total. The molecule has 0 radical (unpaired) electrons. The van der Waals surface area contributed by atoms with Crippen LogP contribution in [0.2, 0.25) is 0 Å². The lowest BCUT2D eigenvalue weighted by Crippen LogP contribution is -2.21. The minimum Gasteiger partial charge on any atom is -0.478 e. The molecule has 2 bridgehead atoms. The number of aromatic carboxylic acids is 1. The number of hydrogen-bond donors (Lipinski definition) is 1. The summed E-state index contributed by atoms with van der Waals surface area (Å²) in [6.07, 6.45) is -0.825. The number of ketones is 1. The van der Waals surface area contributed by atoms with Gasteiger partial charge in [0.25, 0.3) is 0 Å². The zero-order chi connectivity index (χ0) is 19.4. The van der Waals surface area contributed by atoms with Crippen molar-refractivity contribution in [2.75, 3.05) is 6.26 Å². The molecule has 3 rings (SSSR count). The van der Waals surface area contributed by atoms with Gasteiger partial charge in [0.15, 0.2) is 5.78 Å². The fraction of sp³-hybridized carbons (Fsp3) is 0.444. The van der Waals surface area contributed by atoms with Crippen LogP contribution in [0, 0.1) is 18.8 Å². The number of carbonyl (C=O) groups is 2. The molecule has 8 heteroatoms. The Morgan fingerprint density at radius 1 is 1.27 bits per heavy atom. The van der Waals surface area contributed by atoms with Gasteiger partial charge in [-0.25, -0.2) is 4.79 Å². The summed E-state index contributed by atoms with van der Waals surface area (Å²) in [5.41, 5.74) is -1.70. The summed E-state index contributed by atoms with van der Waals surface area (Å²) in [6, 6.07) is 0.981. The van der Waals surface area contributed by atoms with E-state index in [1.165, 1.54) is 13.0 Å². The molecule has 3 atom stereocenters. The maximum absolute atomic E-state index is 13.9. The molecule has 3 unspecified atom stereocenters. The summed E-state index contributed by atoms with van der Waals surface area (Å²) >= 11 is 0. The molecular weight excluding hydrogens is 369 g/mol. The van der Waals surface area contributed by atoms with E-state index in [1.54, 1.807) is 0 Å². The molecule has 1 aromatic carbocycles. The van der Waals surface area contributed by atoms with E-state index >= 15 is 0 Å². The second-order valence-corrected chi connectivity index (χ2v) is 8.08. The zero-order valence-electron chi connectivity index (χ0n) is 14.1. The highest BCUT2D eigenvalue weighted by atomic mass is 32.2. The smallest absolute Gasteiger partial charge is 0.418 e. The van der Waals surface area contributed by atoms with Crippen molar-refractivity contribution in [1.82, 2.24) is 0 Å². The van der Waals surface area contributed by atoms with Crippen LogP contribution in [0.5, 0.6) is 0 Å². The monoisotopic (exact) mass is 386 g/mol. The lowest BCUT2D eigenvalue weighted by Gasteiger charge is -2.26. The highest BCUT2D eigenvalue weighted by Crippen LogP contribution is 2.49. The van der Waals surface area contributed by atoms with Crippen LogP contribution in [-0.2, 0) is 21.8 Å². The third-order valence-corrected chi connectivity index (χ3v) is 6.30. The van der Waals surface area contributed by atoms with Gasteiger partial charge in [-0.05, 0) is 60.9 Å². The maximum Gasteiger partial charge on any atom is 0.418 e. The van der Waals surface area contributed by atoms with E-state index in [4.69, 9.17) is 0 Å². The standard InChI is InChI=1S/C18H17F3O4S/c1-8-11(17(23)24)6-13(15(18(19,20)21)16(8)26(2)25)12-7-14(22)10-4-3-9(12)5-10/h6-7,9-10H,3-5H2,1-2H3,(H,23,24). The van der Waals surface area contributed by atoms with Gasteiger partial charge in [-0.2, -0.15) is 13.2 Å². The predicted molar refractivity (Wildman–Crippen MR) is 89.3 cm³/mol. The molecule has 1 aromatic rings. The number of alkyl halides is 3. The maximum atomic E-state index is 13.9. The second kappa shape index (κ2) is 6.33. The number of carbonyl (C=O) groups excluding carboxylic acids is 1. The molecule has 2 aliphatic rings. The highest BCUT2D eigenvalue weighted by molar-refractivity contribution is 7.84. The molecule has 0 aromatic heterocycles. The van der Waals surface area contributed by atoms with Gasteiger partial charge in [0.2, 0.25) is 0 Å². The molecule has 2 aliphatic carbocycles. The van der Waals surface area contributed by atoms with Crippen LogP contribution in [0.15, 0.2) is 17.0 Å². The Balaban J connectivity index is 2.39. The lowest BCUT2D eigenvalue weighted by atomic mass is 9.81. The summed E-state index contributed by atoms with van der Waals surface area (Å²) < 4.78 is 53.7. The Kier molecular flexibility index (Phi) is 4.58. The van der Waals surface area contributed by atoms with Gasteiger partial charge in [0, 0.05) is 12.2 Å². The molecule has 0 saturated heterocycles. The van der Waals surface area contributed by atoms with E-state index in [0.29, 0.717) is 19.3 Å². The van der Waals surface area contributed by atoms with Crippen molar-refractivity contribution in [2.24, 2.45) is 11.8 Å². The summed E-state index contributed by atoms with van der Waals surface area (Å²) in [7, 11) is -2.05. The molecule has 140 valence electrons. The first kappa shape index (κ1) is 18.8. The fourth-order valence-electron chi connectivity index (χ4n) is 4.06. The van der Waals surface area contributed by atoms with Gasteiger partial charge in [-0.15, -0.1) is 0 Å². The Labute approximate surface area is 150 Å². The van der Waals surface area contributed by atoms with Crippen LogP contribution in [0.1, 0.15) is 46.3 Å². The molecule has 26 heavy (non-hydrogen) atoms. The number of fused-ring (bicyclic) bond motifs is 2. The molecular formula is C18H17F3O4S. The quantitative estimate of drug-likeness (QED) is 0.857. The van der Waals surface area contributed by atoms with E-state index in [9.17, 15) is 32.1 Å². The molecule has 1 saturated carbocycles. The lowest BCUT2D eigenvalue weighted by molar-refractivity contribution is -0.140. The van der Waals surface area contributed by atoms with Crippen LogP contribution < -0.4 is 0 Å². The van der Waals surface area contributed by atoms with E-state index < -0.39 is 33.4 Å². The SMILES string of the molecule is Cc1c(C(=O)O)cc(C2=CC(=O)C3CCC2C3)c(C(F)(F)F)c1S(C)=O. The van der Waals surface area contributed by atoms with Gasteiger partial charge in [0.05, 0.1) is 26.8 Å². The molecule has 1 N–H and O–H groups in total. The molecule has 0 heterocycles. The summed E-state index contributed by atoms with van der Waals surface area (Å²) in [4.78, 5) is 23.2. The minimum atomic E-state index is -4.82. The Morgan fingerprint density at radius 2 is 1.88 bits per heavy atom. The highest BCUT2D eigenvalue weighted by Gasteiger charge is 2.43. The number of carboxylic acids is 1. The summed E-state index contributed by atoms with van der Waals surface area (Å²) in [6.45, 7) is 1.23. The number of carboxylic acid groups (broad SMARTS) is 1. The Bertz CT molecular complexity index is 870. The van der Waals surface area contributed by atoms with Crippen LogP contribution in [0.25, 0.3) is 5.57 Å². The van der Waals surface area contributed by atoms with Crippen molar-refractivity contribution in [3.8, 4) is 0 Å². The van der Waals surface area contributed by atoms with Gasteiger partial charge in [0.1, 0.15) is 0 Å². The average molecular weight is 386 g/mol. The predicted octanol–water partition coefficient (Wildman–Crippen LogP) is 3.83. The van der Waals surface area contributed by atoms with Gasteiger partial charge >= 0.3 is 12.1 Å². The van der Waals surface area contributed by atoms with Crippen molar-refractivity contribution in [2.45, 2.75) is 37.3 Å². The van der Waals surface area contributed by atoms with Crippen molar-refractivity contribution in [1.29, 1.82) is 0 Å². The number of benzene rings is 1. The number of rotatable bonds is 3. The summed E-state index contributed by atoms with van der Waals surface area (Å²) in [5, 5.41) is 9.41. The molecule has 0 amide bonds. The van der Waals surface area contributed by atoms with E-state index in [0.717, 1.165) is 12.3 Å². The zero-order valence-corrected chi connectivity index (χ0v) is 15.0. The van der Waals surface area contributed by atoms with Gasteiger partial charge in [-0.3, -0.25) is 9.00 Å². The Hall–Kier alpha value is -1.96. The normalized spacial score (nSPS) is 23.7. The number of hydrogen-bond acceptors (Lipinski definition) is 3. The van der Waals surface area contributed by atoms with Crippen molar-refractivity contribution in [3.63, 3.8) is 0 Å². The molecule has 0 spiro atoms. The minimum absolute atomic E-state index is 0.165. The van der Waals surface area contributed by atoms with Crippen LogP contribution >= 0.6 is 0 Å². The topological polar surface area (TPSA) is 71.4 Å². The van der Waals surface area contributed by atoms with Gasteiger partial charge < -0.3 is 5.11 Å². The third-order valence-electron chi connectivity index (χ3n) is 5.21. The Morgan fingerprint density at radius 3 is 2.42 bits per heavy atom. The average Bonchev–Trinajstić information content (AvgIpc) is 2.94. The number of halogens is 3. The molecule has 1 fully saturated rings. The van der Waals surface area contributed by atoms with E-state index in [2.05, 4.69) is 0 Å². The van der Waals surface area contributed by atoms with Crippen LogP contribution in [-0.4, -0.2) is 27.3 Å². The molecule has 0 aliphatic heterocycles. The van der Waals surface area contributed by atoms with Crippen LogP contribution in [0.3, 0.4) is 0 Å². The fourth-order valence-corrected chi connectivity index (χ4v) is 5.11. The van der Waals surface area contributed by atoms with Crippen molar-refractivity contribution in [3.05, 3.63) is 34.4 Å². The second-order valence-electron chi connectivity index (χ2n) is 6.77. The van der Waals surface area contributed by atoms with Crippen molar-refractivity contribution >= 4 is 28.1 Å². The van der Waals surface area contributed by atoms with E-state index in [-0.39, 0.29) is 39.9 Å². The van der Waals surface area contributed by atoms with E-state index in [1.807, 2.05) is 0 Å². The first-order chi connectivity index (χ1) is 12.0. The summed E-state index contributed by atoms with van der Waals surface area (Å²) in [5.74, 6) is -2.00. The van der Waals surface area contributed by atoms with Crippen LogP contribution in [0.4, 0.5) is 13.2 Å². The third kappa shape index (κ3) is 3.00. The van der Waals surface area contributed by atoms with Gasteiger partial charge in [-0.1, -0.05) is 0 Å². The first-order valence-corrected chi connectivity index (χ1v) is 9.65. The first-order valence-electron chi connectivity index (χ1n) is 8.09. The number of allylic oxidation sites excluding steroid dienone is 2. The largest absolute Gasteiger partial charge is 0.478 e. The van der Waals surface area contributed by atoms with Crippen molar-refractivity contribution < 1.29 is 32.1 Å².